The molecule has 0 unspecified atom stereocenters. The van der Waals surface area contributed by atoms with Gasteiger partial charge < -0.3 is 14.6 Å². The van der Waals surface area contributed by atoms with E-state index in [2.05, 4.69) is 0 Å². The van der Waals surface area contributed by atoms with Gasteiger partial charge in [0.1, 0.15) is 11.5 Å². The molecule has 0 aliphatic heterocycles. The Morgan fingerprint density at radius 3 is 2.59 bits per heavy atom. The summed E-state index contributed by atoms with van der Waals surface area (Å²) in [6.07, 6.45) is 0.532. The molecular formula is C12H8O5. The van der Waals surface area contributed by atoms with Gasteiger partial charge in [-0.25, -0.2) is 4.79 Å². The van der Waals surface area contributed by atoms with Gasteiger partial charge >= 0.3 is 5.97 Å². The Morgan fingerprint density at radius 2 is 2.00 bits per heavy atom. The summed E-state index contributed by atoms with van der Waals surface area (Å²) in [7, 11) is 0. The molecule has 0 amide bonds. The van der Waals surface area contributed by atoms with Gasteiger partial charge in [-0.05, 0) is 30.3 Å². The van der Waals surface area contributed by atoms with Crippen molar-refractivity contribution in [2.75, 3.05) is 0 Å². The minimum absolute atomic E-state index is 0.0863. The lowest BCUT2D eigenvalue weighted by atomic mass is 10.1. The van der Waals surface area contributed by atoms with Crippen molar-refractivity contribution in [3.05, 3.63) is 41.7 Å². The van der Waals surface area contributed by atoms with Crippen LogP contribution >= 0.6 is 0 Å². The van der Waals surface area contributed by atoms with E-state index < -0.39 is 5.97 Å². The lowest BCUT2D eigenvalue weighted by molar-refractivity contribution is 0.0697. The number of aldehydes is 1. The Morgan fingerprint density at radius 1 is 1.24 bits per heavy atom. The van der Waals surface area contributed by atoms with Crippen LogP contribution in [-0.4, -0.2) is 22.5 Å². The smallest absolute Gasteiger partial charge is 0.336 e. The molecule has 1 heterocycles. The molecule has 0 aliphatic rings. The van der Waals surface area contributed by atoms with E-state index in [4.69, 9.17) is 9.52 Å². The molecule has 17 heavy (non-hydrogen) atoms. The van der Waals surface area contributed by atoms with Gasteiger partial charge in [-0.2, -0.15) is 0 Å². The van der Waals surface area contributed by atoms with Crippen LogP contribution in [0.2, 0.25) is 0 Å². The molecule has 0 fully saturated rings. The molecule has 2 rings (SSSR count). The highest BCUT2D eigenvalue weighted by Crippen LogP contribution is 2.28. The third-order valence-corrected chi connectivity index (χ3v) is 2.24. The summed E-state index contributed by atoms with van der Waals surface area (Å²) < 4.78 is 5.14. The number of carboxylic acids is 1. The molecule has 0 saturated carbocycles. The molecule has 0 bridgehead atoms. The predicted octanol–water partition coefficient (Wildman–Crippen LogP) is 2.16. The van der Waals surface area contributed by atoms with E-state index in [-0.39, 0.29) is 22.8 Å². The molecule has 1 aromatic carbocycles. The van der Waals surface area contributed by atoms with Crippen LogP contribution in [0.25, 0.3) is 11.3 Å². The average Bonchev–Trinajstić information content (AvgIpc) is 2.77. The number of carbonyl (C=O) groups excluding carboxylic acids is 1. The zero-order valence-electron chi connectivity index (χ0n) is 8.58. The Hall–Kier alpha value is -2.56. The first-order valence-electron chi connectivity index (χ1n) is 4.73. The third kappa shape index (κ3) is 2.03. The summed E-state index contributed by atoms with van der Waals surface area (Å²) in [6, 6.07) is 6.85. The first-order valence-corrected chi connectivity index (χ1v) is 4.73. The van der Waals surface area contributed by atoms with Gasteiger partial charge in [0.05, 0.1) is 5.56 Å². The summed E-state index contributed by atoms with van der Waals surface area (Å²) in [5.41, 5.74) is 0.222. The molecule has 0 radical (unpaired) electrons. The predicted molar refractivity (Wildman–Crippen MR) is 58.2 cm³/mol. The third-order valence-electron chi connectivity index (χ3n) is 2.24. The average molecular weight is 232 g/mol. The summed E-state index contributed by atoms with van der Waals surface area (Å²) in [6.45, 7) is 0. The number of aromatic carboxylic acids is 1. The molecule has 1 aromatic heterocycles. The number of carbonyl (C=O) groups is 2. The number of hydrogen-bond acceptors (Lipinski definition) is 4. The highest BCUT2D eigenvalue weighted by molar-refractivity contribution is 5.95. The maximum atomic E-state index is 11.0. The molecule has 0 atom stereocenters. The van der Waals surface area contributed by atoms with Crippen LogP contribution in [0.5, 0.6) is 5.75 Å². The van der Waals surface area contributed by atoms with Gasteiger partial charge in [0.25, 0.3) is 0 Å². The van der Waals surface area contributed by atoms with Gasteiger partial charge in [0.2, 0.25) is 0 Å². The molecule has 86 valence electrons. The maximum absolute atomic E-state index is 11.0. The molecule has 0 saturated heterocycles. The van der Waals surface area contributed by atoms with Crippen LogP contribution in [0.1, 0.15) is 20.9 Å². The number of furan rings is 1. The van der Waals surface area contributed by atoms with Crippen LogP contribution in [-0.2, 0) is 0 Å². The highest BCUT2D eigenvalue weighted by atomic mass is 16.4. The van der Waals surface area contributed by atoms with Crippen LogP contribution in [0.15, 0.2) is 34.7 Å². The lowest BCUT2D eigenvalue weighted by Crippen LogP contribution is -1.98. The van der Waals surface area contributed by atoms with Gasteiger partial charge in [-0.1, -0.05) is 0 Å². The summed E-state index contributed by atoms with van der Waals surface area (Å²) in [5, 5.41) is 18.2. The fourth-order valence-corrected chi connectivity index (χ4v) is 1.48. The number of rotatable bonds is 3. The summed E-state index contributed by atoms with van der Waals surface area (Å²) >= 11 is 0. The first-order chi connectivity index (χ1) is 8.11. The van der Waals surface area contributed by atoms with Crippen LogP contribution in [0.4, 0.5) is 0 Å². The fourth-order valence-electron chi connectivity index (χ4n) is 1.48. The van der Waals surface area contributed by atoms with Gasteiger partial charge in [0, 0.05) is 5.56 Å². The summed E-state index contributed by atoms with van der Waals surface area (Å²) in [4.78, 5) is 21.5. The second-order valence-corrected chi connectivity index (χ2v) is 3.35. The van der Waals surface area contributed by atoms with Gasteiger partial charge in [0.15, 0.2) is 12.0 Å². The van der Waals surface area contributed by atoms with Crippen LogP contribution < -0.4 is 0 Å². The van der Waals surface area contributed by atoms with Crippen molar-refractivity contribution in [3.63, 3.8) is 0 Å². The molecule has 0 aliphatic carbocycles. The zero-order chi connectivity index (χ0) is 12.4. The molecule has 0 spiro atoms. The van der Waals surface area contributed by atoms with Crippen molar-refractivity contribution >= 4 is 12.3 Å². The van der Waals surface area contributed by atoms with E-state index in [0.29, 0.717) is 11.8 Å². The van der Waals surface area contributed by atoms with E-state index >= 15 is 0 Å². The molecule has 2 aromatic rings. The number of carboxylic acid groups (broad SMARTS) is 1. The van der Waals surface area contributed by atoms with Gasteiger partial charge in [-0.3, -0.25) is 4.79 Å². The molecule has 5 heteroatoms. The van der Waals surface area contributed by atoms with E-state index in [9.17, 15) is 14.7 Å². The Kier molecular flexibility index (Phi) is 2.66. The zero-order valence-corrected chi connectivity index (χ0v) is 8.58. The quantitative estimate of drug-likeness (QED) is 0.791. The number of aromatic hydroxyl groups is 1. The molecule has 2 N–H and O–H groups in total. The van der Waals surface area contributed by atoms with E-state index in [1.54, 1.807) is 0 Å². The lowest BCUT2D eigenvalue weighted by Gasteiger charge is -2.03. The van der Waals surface area contributed by atoms with Crippen molar-refractivity contribution < 1.29 is 24.2 Å². The minimum atomic E-state index is -1.18. The topological polar surface area (TPSA) is 87.7 Å². The van der Waals surface area contributed by atoms with Crippen LogP contribution in [0.3, 0.4) is 0 Å². The largest absolute Gasteiger partial charge is 0.508 e. The van der Waals surface area contributed by atoms with Crippen molar-refractivity contribution in [1.82, 2.24) is 0 Å². The number of phenolic OH excluding ortho intramolecular Hbond substituents is 1. The van der Waals surface area contributed by atoms with Crippen molar-refractivity contribution in [1.29, 1.82) is 0 Å². The van der Waals surface area contributed by atoms with Gasteiger partial charge in [-0.15, -0.1) is 0 Å². The number of benzene rings is 1. The Balaban J connectivity index is 2.58. The van der Waals surface area contributed by atoms with E-state index in [1.807, 2.05) is 0 Å². The van der Waals surface area contributed by atoms with Crippen molar-refractivity contribution in [2.24, 2.45) is 0 Å². The monoisotopic (exact) mass is 232 g/mol. The number of hydrogen-bond donors (Lipinski definition) is 2. The van der Waals surface area contributed by atoms with E-state index in [1.165, 1.54) is 24.3 Å². The maximum Gasteiger partial charge on any atom is 0.336 e. The fraction of sp³-hybridized carbons (Fsp3) is 0. The standard InChI is InChI=1S/C12H8O5/c13-6-8-2-4-11(17-8)9-3-1-7(14)5-10(9)12(15)16/h1-6,14H,(H,15,16). The Labute approximate surface area is 95.9 Å². The number of phenols is 1. The minimum Gasteiger partial charge on any atom is -0.508 e. The normalized spacial score (nSPS) is 10.1. The van der Waals surface area contributed by atoms with E-state index in [0.717, 1.165) is 6.07 Å². The molecule has 5 nitrogen and oxygen atoms in total. The van der Waals surface area contributed by atoms with Crippen molar-refractivity contribution in [3.8, 4) is 17.1 Å². The Bertz CT molecular complexity index is 582. The molecular weight excluding hydrogens is 224 g/mol. The summed E-state index contributed by atoms with van der Waals surface area (Å²) in [5.74, 6) is -0.942. The van der Waals surface area contributed by atoms with Crippen LogP contribution in [0, 0.1) is 0 Å². The highest BCUT2D eigenvalue weighted by Gasteiger charge is 2.15. The first kappa shape index (κ1) is 10.9. The van der Waals surface area contributed by atoms with Crippen molar-refractivity contribution in [2.45, 2.75) is 0 Å². The second-order valence-electron chi connectivity index (χ2n) is 3.35. The second kappa shape index (κ2) is 4.13. The SMILES string of the molecule is O=Cc1ccc(-c2ccc(O)cc2C(=O)O)o1.